The summed E-state index contributed by atoms with van der Waals surface area (Å²) in [5.41, 5.74) is 3.11. The summed E-state index contributed by atoms with van der Waals surface area (Å²) in [7, 11) is 0. The predicted octanol–water partition coefficient (Wildman–Crippen LogP) is 2.10. The Bertz CT molecular complexity index is 160. The lowest BCUT2D eigenvalue weighted by Gasteiger charge is -2.41. The van der Waals surface area contributed by atoms with Crippen LogP contribution in [0.5, 0.6) is 0 Å². The second kappa shape index (κ2) is 3.35. The first kappa shape index (κ1) is 8.52. The summed E-state index contributed by atoms with van der Waals surface area (Å²) in [4.78, 5) is 5.66. The summed E-state index contributed by atoms with van der Waals surface area (Å²) < 4.78 is 0. The van der Waals surface area contributed by atoms with Gasteiger partial charge in [0.25, 0.3) is 0 Å². The molecule has 1 N–H and O–H groups in total. The third-order valence-electron chi connectivity index (χ3n) is 3.32. The molecule has 0 spiro atoms. The van der Waals surface area contributed by atoms with Gasteiger partial charge >= 0.3 is 0 Å². The molecule has 1 aliphatic heterocycles. The van der Waals surface area contributed by atoms with Crippen LogP contribution in [0.1, 0.15) is 39.5 Å². The maximum Gasteiger partial charge on any atom is 0.0844 e. The fourth-order valence-corrected chi connectivity index (χ4v) is 2.66. The van der Waals surface area contributed by atoms with Gasteiger partial charge in [0, 0.05) is 6.04 Å². The van der Waals surface area contributed by atoms with E-state index in [1.807, 2.05) is 0 Å². The molecule has 0 aromatic rings. The zero-order valence-corrected chi connectivity index (χ0v) is 8.05. The van der Waals surface area contributed by atoms with Crippen molar-refractivity contribution in [1.82, 2.24) is 5.48 Å². The fraction of sp³-hybridized carbons (Fsp3) is 1.00. The topological polar surface area (TPSA) is 21.3 Å². The van der Waals surface area contributed by atoms with E-state index in [2.05, 4.69) is 19.3 Å². The first-order valence-electron chi connectivity index (χ1n) is 5.18. The van der Waals surface area contributed by atoms with Gasteiger partial charge in [-0.15, -0.1) is 0 Å². The smallest absolute Gasteiger partial charge is 0.0844 e. The van der Waals surface area contributed by atoms with E-state index < -0.39 is 0 Å². The zero-order valence-electron chi connectivity index (χ0n) is 8.05. The van der Waals surface area contributed by atoms with Crippen molar-refractivity contribution in [1.29, 1.82) is 0 Å². The Hall–Kier alpha value is -0.0800. The summed E-state index contributed by atoms with van der Waals surface area (Å²) >= 11 is 0. The molecule has 1 heterocycles. The standard InChI is InChI=1S/C10H19NO/c1-7-4-3-5-9-6-8(2)11-12-10(7)9/h7-11H,3-6H2,1-2H3. The van der Waals surface area contributed by atoms with Crippen LogP contribution in [0.3, 0.4) is 0 Å². The molecule has 0 radical (unpaired) electrons. The van der Waals surface area contributed by atoms with E-state index >= 15 is 0 Å². The van der Waals surface area contributed by atoms with E-state index in [0.29, 0.717) is 12.1 Å². The third-order valence-corrected chi connectivity index (χ3v) is 3.32. The Labute approximate surface area is 74.6 Å². The second-order valence-electron chi connectivity index (χ2n) is 4.51. The van der Waals surface area contributed by atoms with Crippen LogP contribution in [-0.4, -0.2) is 12.1 Å². The lowest BCUT2D eigenvalue weighted by molar-refractivity contribution is -0.144. The lowest BCUT2D eigenvalue weighted by atomic mass is 9.76. The molecule has 4 unspecified atom stereocenters. The maximum absolute atomic E-state index is 5.66. The molecule has 1 saturated heterocycles. The van der Waals surface area contributed by atoms with Gasteiger partial charge in [0.2, 0.25) is 0 Å². The summed E-state index contributed by atoms with van der Waals surface area (Å²) in [6.07, 6.45) is 5.92. The Morgan fingerprint density at radius 3 is 2.92 bits per heavy atom. The van der Waals surface area contributed by atoms with Crippen molar-refractivity contribution >= 4 is 0 Å². The molecule has 0 amide bonds. The number of hydrogen-bond donors (Lipinski definition) is 1. The first-order valence-corrected chi connectivity index (χ1v) is 5.18. The highest BCUT2D eigenvalue weighted by molar-refractivity contribution is 4.85. The maximum atomic E-state index is 5.66. The molecule has 4 atom stereocenters. The minimum atomic E-state index is 0.495. The normalized spacial score (nSPS) is 48.5. The van der Waals surface area contributed by atoms with Crippen molar-refractivity contribution < 1.29 is 4.84 Å². The van der Waals surface area contributed by atoms with Gasteiger partial charge in [-0.25, -0.2) is 0 Å². The fourth-order valence-electron chi connectivity index (χ4n) is 2.66. The molecule has 0 bridgehead atoms. The van der Waals surface area contributed by atoms with Crippen molar-refractivity contribution in [3.8, 4) is 0 Å². The monoisotopic (exact) mass is 169 g/mol. The average Bonchev–Trinajstić information content (AvgIpc) is 2.04. The van der Waals surface area contributed by atoms with Gasteiger partial charge in [0.05, 0.1) is 6.10 Å². The van der Waals surface area contributed by atoms with E-state index in [-0.39, 0.29) is 0 Å². The van der Waals surface area contributed by atoms with Crippen molar-refractivity contribution in [2.45, 2.75) is 51.7 Å². The number of rotatable bonds is 0. The Kier molecular flexibility index (Phi) is 2.37. The van der Waals surface area contributed by atoms with E-state index in [1.165, 1.54) is 25.7 Å². The number of fused-ring (bicyclic) bond motifs is 1. The molecule has 2 nitrogen and oxygen atoms in total. The molecule has 2 aliphatic rings. The quantitative estimate of drug-likeness (QED) is 0.599. The van der Waals surface area contributed by atoms with Crippen molar-refractivity contribution in [2.24, 2.45) is 11.8 Å². The van der Waals surface area contributed by atoms with Crippen LogP contribution in [0.25, 0.3) is 0 Å². The molecule has 0 aromatic heterocycles. The van der Waals surface area contributed by atoms with Crippen LogP contribution < -0.4 is 5.48 Å². The molecule has 1 aliphatic carbocycles. The van der Waals surface area contributed by atoms with E-state index in [4.69, 9.17) is 4.84 Å². The summed E-state index contributed by atoms with van der Waals surface area (Å²) in [5, 5.41) is 0. The van der Waals surface area contributed by atoms with Crippen LogP contribution >= 0.6 is 0 Å². The van der Waals surface area contributed by atoms with E-state index in [9.17, 15) is 0 Å². The zero-order chi connectivity index (χ0) is 8.55. The summed E-state index contributed by atoms with van der Waals surface area (Å²) in [5.74, 6) is 1.58. The highest BCUT2D eigenvalue weighted by Crippen LogP contribution is 2.35. The SMILES string of the molecule is CC1CC2CCCC(C)C2ON1. The molecule has 2 rings (SSSR count). The molecule has 2 fully saturated rings. The van der Waals surface area contributed by atoms with Crippen LogP contribution in [0.2, 0.25) is 0 Å². The predicted molar refractivity (Wildman–Crippen MR) is 48.6 cm³/mol. The molecule has 70 valence electrons. The van der Waals surface area contributed by atoms with Crippen LogP contribution in [0, 0.1) is 11.8 Å². The number of hydroxylamine groups is 1. The van der Waals surface area contributed by atoms with Crippen molar-refractivity contribution in [2.75, 3.05) is 0 Å². The Morgan fingerprint density at radius 2 is 2.08 bits per heavy atom. The van der Waals surface area contributed by atoms with E-state index in [0.717, 1.165) is 11.8 Å². The van der Waals surface area contributed by atoms with E-state index in [1.54, 1.807) is 0 Å². The third kappa shape index (κ3) is 1.50. The largest absolute Gasteiger partial charge is 0.298 e. The van der Waals surface area contributed by atoms with Gasteiger partial charge in [-0.3, -0.25) is 4.84 Å². The van der Waals surface area contributed by atoms with Gasteiger partial charge in [-0.2, -0.15) is 5.48 Å². The Morgan fingerprint density at radius 1 is 1.25 bits per heavy atom. The molecule has 2 heteroatoms. The van der Waals surface area contributed by atoms with Crippen molar-refractivity contribution in [3.05, 3.63) is 0 Å². The molecule has 12 heavy (non-hydrogen) atoms. The number of hydrogen-bond acceptors (Lipinski definition) is 2. The van der Waals surface area contributed by atoms with Gasteiger partial charge in [0.1, 0.15) is 0 Å². The van der Waals surface area contributed by atoms with Gasteiger partial charge < -0.3 is 0 Å². The lowest BCUT2D eigenvalue weighted by Crippen LogP contribution is -2.48. The summed E-state index contributed by atoms with van der Waals surface area (Å²) in [6, 6.07) is 0.552. The van der Waals surface area contributed by atoms with Gasteiger partial charge in [0.15, 0.2) is 0 Å². The molecular formula is C10H19NO. The minimum Gasteiger partial charge on any atom is -0.298 e. The van der Waals surface area contributed by atoms with Gasteiger partial charge in [-0.05, 0) is 38.0 Å². The Balaban J connectivity index is 1.99. The second-order valence-corrected chi connectivity index (χ2v) is 4.51. The summed E-state index contributed by atoms with van der Waals surface area (Å²) in [6.45, 7) is 4.52. The highest BCUT2D eigenvalue weighted by atomic mass is 16.7. The average molecular weight is 169 g/mol. The van der Waals surface area contributed by atoms with Crippen LogP contribution in [-0.2, 0) is 4.84 Å². The number of nitrogens with one attached hydrogen (secondary N) is 1. The molecule has 0 aromatic carbocycles. The molecule has 1 saturated carbocycles. The van der Waals surface area contributed by atoms with Crippen molar-refractivity contribution in [3.63, 3.8) is 0 Å². The highest BCUT2D eigenvalue weighted by Gasteiger charge is 2.35. The first-order chi connectivity index (χ1) is 5.77. The van der Waals surface area contributed by atoms with Gasteiger partial charge in [-0.1, -0.05) is 13.3 Å². The minimum absolute atomic E-state index is 0.495. The van der Waals surface area contributed by atoms with Crippen LogP contribution in [0.4, 0.5) is 0 Å². The van der Waals surface area contributed by atoms with Crippen LogP contribution in [0.15, 0.2) is 0 Å². The molecular weight excluding hydrogens is 150 g/mol.